The van der Waals surface area contributed by atoms with Gasteiger partial charge in [-0.25, -0.2) is 4.98 Å². The number of hydrogen-bond donors (Lipinski definition) is 1. The van der Waals surface area contributed by atoms with E-state index < -0.39 is 0 Å². The van der Waals surface area contributed by atoms with Crippen LogP contribution in [0.15, 0.2) is 17.5 Å². The maximum Gasteiger partial charge on any atom is 0.194 e. The van der Waals surface area contributed by atoms with E-state index in [-0.39, 0.29) is 0 Å². The van der Waals surface area contributed by atoms with Crippen LogP contribution in [0.2, 0.25) is 0 Å². The molecule has 3 heterocycles. The van der Waals surface area contributed by atoms with E-state index in [0.29, 0.717) is 6.54 Å². The molecule has 3 aromatic rings. The van der Waals surface area contributed by atoms with Gasteiger partial charge in [-0.3, -0.25) is 4.40 Å². The fourth-order valence-electron chi connectivity index (χ4n) is 3.07. The van der Waals surface area contributed by atoms with Crippen molar-refractivity contribution in [2.24, 2.45) is 5.73 Å². The van der Waals surface area contributed by atoms with Crippen molar-refractivity contribution in [3.63, 3.8) is 0 Å². The summed E-state index contributed by atoms with van der Waals surface area (Å²) in [6.45, 7) is 0.677. The van der Waals surface area contributed by atoms with Crippen LogP contribution in [-0.4, -0.2) is 15.9 Å². The lowest BCUT2D eigenvalue weighted by atomic mass is 10.0. The highest BCUT2D eigenvalue weighted by molar-refractivity contribution is 7.17. The van der Waals surface area contributed by atoms with Crippen LogP contribution in [0, 0.1) is 0 Å². The van der Waals surface area contributed by atoms with E-state index in [2.05, 4.69) is 21.9 Å². The quantitative estimate of drug-likeness (QED) is 0.804. The van der Waals surface area contributed by atoms with Crippen LogP contribution in [0.4, 0.5) is 0 Å². The molecule has 2 N–H and O–H groups in total. The molecule has 20 heavy (non-hydrogen) atoms. The lowest BCUT2D eigenvalue weighted by Gasteiger charge is -2.12. The molecule has 0 aliphatic heterocycles. The minimum Gasteiger partial charge on any atom is -0.330 e. The summed E-state index contributed by atoms with van der Waals surface area (Å²) >= 11 is 3.63. The highest BCUT2D eigenvalue weighted by Crippen LogP contribution is 2.36. The summed E-state index contributed by atoms with van der Waals surface area (Å²) in [5, 5.41) is 2.12. The molecule has 104 valence electrons. The molecule has 3 nitrogen and oxygen atoms in total. The van der Waals surface area contributed by atoms with Gasteiger partial charge < -0.3 is 5.73 Å². The Morgan fingerprint density at radius 1 is 1.30 bits per heavy atom. The van der Waals surface area contributed by atoms with Crippen LogP contribution < -0.4 is 5.73 Å². The Morgan fingerprint density at radius 3 is 3.00 bits per heavy atom. The number of nitrogens with zero attached hydrogens (tertiary/aromatic N) is 2. The van der Waals surface area contributed by atoms with Crippen molar-refractivity contribution in [1.82, 2.24) is 9.38 Å². The highest BCUT2D eigenvalue weighted by Gasteiger charge is 2.22. The number of hydrogen-bond acceptors (Lipinski definition) is 4. The number of imidazole rings is 1. The third-order valence-corrected chi connectivity index (χ3v) is 5.97. The molecular weight excluding hydrogens is 286 g/mol. The summed E-state index contributed by atoms with van der Waals surface area (Å²) in [6, 6.07) is 4.25. The van der Waals surface area contributed by atoms with E-state index in [1.807, 2.05) is 11.3 Å². The molecule has 0 spiro atoms. The first-order valence-electron chi connectivity index (χ1n) is 7.14. The van der Waals surface area contributed by atoms with Crippen molar-refractivity contribution in [2.45, 2.75) is 32.1 Å². The minimum atomic E-state index is 0.677. The Labute approximate surface area is 126 Å². The summed E-state index contributed by atoms with van der Waals surface area (Å²) in [7, 11) is 0. The van der Waals surface area contributed by atoms with Crippen LogP contribution >= 0.6 is 22.7 Å². The Balaban J connectivity index is 1.97. The van der Waals surface area contributed by atoms with Crippen LogP contribution in [0.1, 0.15) is 29.1 Å². The second-order valence-corrected chi connectivity index (χ2v) is 7.23. The first kappa shape index (κ1) is 12.6. The molecule has 0 bridgehead atoms. The summed E-state index contributed by atoms with van der Waals surface area (Å²) in [6.07, 6.45) is 5.93. The topological polar surface area (TPSA) is 43.3 Å². The zero-order chi connectivity index (χ0) is 13.5. The van der Waals surface area contributed by atoms with Crippen LogP contribution in [0.5, 0.6) is 0 Å². The monoisotopic (exact) mass is 303 g/mol. The maximum atomic E-state index is 5.84. The van der Waals surface area contributed by atoms with Gasteiger partial charge in [0, 0.05) is 17.0 Å². The molecule has 0 fully saturated rings. The number of fused-ring (bicyclic) bond motifs is 3. The fourth-order valence-corrected chi connectivity index (χ4v) is 5.04. The SMILES string of the molecule is NCCc1c(-c2cccs2)nc2sc3c(n12)CCCC3. The van der Waals surface area contributed by atoms with E-state index in [0.717, 1.165) is 17.1 Å². The van der Waals surface area contributed by atoms with Gasteiger partial charge in [0.2, 0.25) is 0 Å². The summed E-state index contributed by atoms with van der Waals surface area (Å²) in [5.74, 6) is 0. The summed E-state index contributed by atoms with van der Waals surface area (Å²) < 4.78 is 2.40. The molecule has 1 aliphatic rings. The molecule has 0 amide bonds. The van der Waals surface area contributed by atoms with Crippen molar-refractivity contribution in [1.29, 1.82) is 0 Å². The zero-order valence-electron chi connectivity index (χ0n) is 11.3. The van der Waals surface area contributed by atoms with Gasteiger partial charge in [-0.15, -0.1) is 22.7 Å². The molecule has 3 aromatic heterocycles. The van der Waals surface area contributed by atoms with Crippen LogP contribution in [0.25, 0.3) is 15.5 Å². The summed E-state index contributed by atoms with van der Waals surface area (Å²) in [5.41, 5.74) is 9.79. The van der Waals surface area contributed by atoms with Crippen LogP contribution in [-0.2, 0) is 19.3 Å². The molecule has 0 saturated heterocycles. The normalized spacial score (nSPS) is 14.8. The third kappa shape index (κ3) is 1.84. The maximum absolute atomic E-state index is 5.84. The first-order chi connectivity index (χ1) is 9.88. The van der Waals surface area contributed by atoms with Crippen molar-refractivity contribution >= 4 is 27.6 Å². The van der Waals surface area contributed by atoms with E-state index in [1.165, 1.54) is 46.8 Å². The van der Waals surface area contributed by atoms with Gasteiger partial charge in [0.05, 0.1) is 10.6 Å². The molecule has 0 radical (unpaired) electrons. The smallest absolute Gasteiger partial charge is 0.194 e. The second kappa shape index (κ2) is 4.98. The van der Waals surface area contributed by atoms with Gasteiger partial charge in [0.15, 0.2) is 4.96 Å². The Bertz CT molecular complexity index is 737. The zero-order valence-corrected chi connectivity index (χ0v) is 12.9. The molecule has 5 heteroatoms. The molecule has 0 atom stereocenters. The fraction of sp³-hybridized carbons (Fsp3) is 0.400. The molecule has 0 aromatic carbocycles. The first-order valence-corrected chi connectivity index (χ1v) is 8.84. The van der Waals surface area contributed by atoms with Gasteiger partial charge >= 0.3 is 0 Å². The standard InChI is InChI=1S/C15H17N3S2/c16-8-7-11-14(13-6-3-9-19-13)17-15-18(11)10-4-1-2-5-12(10)20-15/h3,6,9H,1-2,4-5,7-8,16H2. The Hall–Kier alpha value is -1.17. The number of aromatic nitrogens is 2. The number of aryl methyl sites for hydroxylation is 2. The average Bonchev–Trinajstić information content (AvgIpc) is 3.14. The van der Waals surface area contributed by atoms with E-state index in [9.17, 15) is 0 Å². The highest BCUT2D eigenvalue weighted by atomic mass is 32.1. The Kier molecular flexibility index (Phi) is 3.13. The second-order valence-electron chi connectivity index (χ2n) is 5.22. The third-order valence-electron chi connectivity index (χ3n) is 3.95. The lowest BCUT2D eigenvalue weighted by molar-refractivity contribution is 0.669. The number of thiophene rings is 1. The lowest BCUT2D eigenvalue weighted by Crippen LogP contribution is -2.09. The van der Waals surface area contributed by atoms with Crippen molar-refractivity contribution in [3.05, 3.63) is 33.8 Å². The van der Waals surface area contributed by atoms with E-state index in [4.69, 9.17) is 10.7 Å². The molecular formula is C15H17N3S2. The van der Waals surface area contributed by atoms with Gasteiger partial charge in [-0.1, -0.05) is 6.07 Å². The van der Waals surface area contributed by atoms with Crippen molar-refractivity contribution in [2.75, 3.05) is 6.54 Å². The van der Waals surface area contributed by atoms with Gasteiger partial charge in [0.25, 0.3) is 0 Å². The van der Waals surface area contributed by atoms with Crippen molar-refractivity contribution < 1.29 is 0 Å². The minimum absolute atomic E-state index is 0.677. The molecule has 1 aliphatic carbocycles. The van der Waals surface area contributed by atoms with E-state index >= 15 is 0 Å². The predicted octanol–water partition coefficient (Wildman–Crippen LogP) is 3.50. The molecule has 0 unspecified atom stereocenters. The molecule has 0 saturated carbocycles. The van der Waals surface area contributed by atoms with E-state index in [1.54, 1.807) is 11.3 Å². The summed E-state index contributed by atoms with van der Waals surface area (Å²) in [4.78, 5) is 8.87. The predicted molar refractivity (Wildman–Crippen MR) is 85.8 cm³/mol. The van der Waals surface area contributed by atoms with Crippen LogP contribution in [0.3, 0.4) is 0 Å². The molecule has 4 rings (SSSR count). The van der Waals surface area contributed by atoms with Gasteiger partial charge in [-0.2, -0.15) is 0 Å². The van der Waals surface area contributed by atoms with Crippen molar-refractivity contribution in [3.8, 4) is 10.6 Å². The number of rotatable bonds is 3. The van der Waals surface area contributed by atoms with Gasteiger partial charge in [-0.05, 0) is 43.7 Å². The van der Waals surface area contributed by atoms with Gasteiger partial charge in [0.1, 0.15) is 5.69 Å². The average molecular weight is 303 g/mol. The number of nitrogens with two attached hydrogens (primary N) is 1. The largest absolute Gasteiger partial charge is 0.330 e. The number of thiazole rings is 1. The Morgan fingerprint density at radius 2 is 2.20 bits per heavy atom.